The lowest BCUT2D eigenvalue weighted by molar-refractivity contribution is -0.136. The van der Waals surface area contributed by atoms with E-state index in [-0.39, 0.29) is 36.5 Å². The lowest BCUT2D eigenvalue weighted by atomic mass is 9.87. The van der Waals surface area contributed by atoms with E-state index in [1.165, 1.54) is 11.0 Å². The molecule has 6 rings (SSSR count). The number of rotatable bonds is 4. The Morgan fingerprint density at radius 1 is 1.06 bits per heavy atom. The molecular weight excluding hydrogens is 449 g/mol. The second kappa shape index (κ2) is 8.57. The molecule has 3 amide bonds. The molecule has 0 radical (unpaired) electrons. The van der Waals surface area contributed by atoms with Crippen molar-refractivity contribution in [3.05, 3.63) is 64.7 Å². The second-order valence-electron chi connectivity index (χ2n) is 9.70. The van der Waals surface area contributed by atoms with Crippen LogP contribution in [0.5, 0.6) is 0 Å². The Morgan fingerprint density at radius 3 is 2.69 bits per heavy atom. The molecule has 1 atom stereocenters. The van der Waals surface area contributed by atoms with Crippen LogP contribution in [-0.2, 0) is 22.7 Å². The normalized spacial score (nSPS) is 21.6. The number of likely N-dealkylation sites (tertiary alicyclic amines) is 1. The first-order chi connectivity index (χ1) is 17.0. The number of amides is 3. The maximum Gasteiger partial charge on any atom is 0.255 e. The molecule has 3 aromatic rings. The van der Waals surface area contributed by atoms with Crippen LogP contribution in [0.1, 0.15) is 58.8 Å². The molecule has 9 heteroatoms. The lowest BCUT2D eigenvalue weighted by Gasteiger charge is -2.32. The fraction of sp³-hybridized carbons (Fsp3) is 0.385. The Hall–Kier alpha value is -3.59. The molecule has 3 aliphatic heterocycles. The third-order valence-corrected chi connectivity index (χ3v) is 7.52. The Bertz CT molecular complexity index is 1340. The molecule has 2 saturated heterocycles. The number of imide groups is 1. The van der Waals surface area contributed by atoms with Gasteiger partial charge < -0.3 is 9.88 Å². The number of nitrogens with zero attached hydrogens (tertiary/aromatic N) is 3. The minimum absolute atomic E-state index is 0.0788. The fourth-order valence-electron chi connectivity index (χ4n) is 5.61. The van der Waals surface area contributed by atoms with Crippen LogP contribution in [0.4, 0.5) is 4.39 Å². The van der Waals surface area contributed by atoms with Gasteiger partial charge in [0.15, 0.2) is 0 Å². The van der Waals surface area contributed by atoms with Crippen molar-refractivity contribution in [2.45, 2.75) is 50.7 Å². The summed E-state index contributed by atoms with van der Waals surface area (Å²) in [6, 6.07) is 8.58. The maximum atomic E-state index is 15.1. The van der Waals surface area contributed by atoms with Crippen molar-refractivity contribution in [2.24, 2.45) is 0 Å². The number of hydrogen-bond acceptors (Lipinski definition) is 5. The summed E-state index contributed by atoms with van der Waals surface area (Å²) >= 11 is 0. The van der Waals surface area contributed by atoms with Crippen molar-refractivity contribution in [3.63, 3.8) is 0 Å². The van der Waals surface area contributed by atoms with Gasteiger partial charge in [-0.3, -0.25) is 24.6 Å². The maximum absolute atomic E-state index is 15.1. The van der Waals surface area contributed by atoms with E-state index < -0.39 is 11.9 Å². The molecule has 0 bridgehead atoms. The van der Waals surface area contributed by atoms with E-state index in [9.17, 15) is 14.4 Å². The predicted molar refractivity (Wildman–Crippen MR) is 126 cm³/mol. The van der Waals surface area contributed by atoms with Gasteiger partial charge in [-0.25, -0.2) is 9.37 Å². The number of aromatic amines is 1. The molecule has 0 saturated carbocycles. The monoisotopic (exact) mass is 475 g/mol. The predicted octanol–water partition coefficient (Wildman–Crippen LogP) is 2.84. The highest BCUT2D eigenvalue weighted by atomic mass is 19.1. The SMILES string of the molecule is O=C1CCC(N2Cc3cc(C4CCN(Cc5ccc6cc[nH]c6n5)CC4)c(F)cc3C2=O)C(=O)N1. The number of hydrogen-bond donors (Lipinski definition) is 2. The van der Waals surface area contributed by atoms with Gasteiger partial charge in [0.1, 0.15) is 17.5 Å². The molecule has 3 aliphatic rings. The standard InChI is InChI=1S/C26H26FN5O3/c27-21-12-20-17(13-32(26(20)35)22-3-4-23(33)30-25(22)34)11-19(21)15-6-9-31(10-7-15)14-18-2-1-16-5-8-28-24(16)29-18/h1-2,5,8,11-12,15,22H,3-4,6-7,9-10,13-14H2,(H,28,29)(H,30,33,34). The summed E-state index contributed by atoms with van der Waals surface area (Å²) in [4.78, 5) is 48.3. The summed E-state index contributed by atoms with van der Waals surface area (Å²) in [6.07, 6.45) is 4.03. The Morgan fingerprint density at radius 2 is 1.89 bits per heavy atom. The highest BCUT2D eigenvalue weighted by Crippen LogP contribution is 2.35. The second-order valence-corrected chi connectivity index (χ2v) is 9.70. The van der Waals surface area contributed by atoms with Crippen LogP contribution < -0.4 is 5.32 Å². The minimum atomic E-state index is -0.693. The van der Waals surface area contributed by atoms with Crippen molar-refractivity contribution in [1.82, 2.24) is 25.1 Å². The molecule has 8 nitrogen and oxygen atoms in total. The zero-order chi connectivity index (χ0) is 24.1. The number of piperidine rings is 2. The van der Waals surface area contributed by atoms with Crippen molar-refractivity contribution in [2.75, 3.05) is 13.1 Å². The highest BCUT2D eigenvalue weighted by Gasteiger charge is 2.40. The summed E-state index contributed by atoms with van der Waals surface area (Å²) < 4.78 is 15.1. The van der Waals surface area contributed by atoms with Gasteiger partial charge in [-0.2, -0.15) is 0 Å². The van der Waals surface area contributed by atoms with Crippen LogP contribution in [0, 0.1) is 5.82 Å². The van der Waals surface area contributed by atoms with Crippen molar-refractivity contribution in [1.29, 1.82) is 0 Å². The van der Waals surface area contributed by atoms with Crippen LogP contribution in [-0.4, -0.2) is 56.6 Å². The fourth-order valence-corrected chi connectivity index (χ4v) is 5.61. The molecule has 0 spiro atoms. The summed E-state index contributed by atoms with van der Waals surface area (Å²) in [6.45, 7) is 2.70. The van der Waals surface area contributed by atoms with Gasteiger partial charge in [0.05, 0.1) is 5.69 Å². The largest absolute Gasteiger partial charge is 0.346 e. The molecule has 2 fully saturated rings. The summed E-state index contributed by atoms with van der Waals surface area (Å²) in [7, 11) is 0. The molecule has 180 valence electrons. The molecule has 1 aromatic carbocycles. The minimum Gasteiger partial charge on any atom is -0.346 e. The number of nitrogens with one attached hydrogen (secondary N) is 2. The Kier molecular flexibility index (Phi) is 5.36. The van der Waals surface area contributed by atoms with Crippen LogP contribution in [0.15, 0.2) is 36.5 Å². The van der Waals surface area contributed by atoms with Gasteiger partial charge in [-0.05, 0) is 73.7 Å². The highest BCUT2D eigenvalue weighted by molar-refractivity contribution is 6.05. The quantitative estimate of drug-likeness (QED) is 0.566. The van der Waals surface area contributed by atoms with Gasteiger partial charge in [-0.15, -0.1) is 0 Å². The van der Waals surface area contributed by atoms with E-state index in [4.69, 9.17) is 0 Å². The van der Waals surface area contributed by atoms with Gasteiger partial charge >= 0.3 is 0 Å². The molecule has 2 aromatic heterocycles. The van der Waals surface area contributed by atoms with Gasteiger partial charge in [0.25, 0.3) is 5.91 Å². The summed E-state index contributed by atoms with van der Waals surface area (Å²) in [5.74, 6) is -1.41. The van der Waals surface area contributed by atoms with E-state index >= 15 is 4.39 Å². The average molecular weight is 476 g/mol. The van der Waals surface area contributed by atoms with E-state index in [1.807, 2.05) is 24.4 Å². The number of aromatic nitrogens is 2. The zero-order valence-electron chi connectivity index (χ0n) is 19.2. The number of fused-ring (bicyclic) bond motifs is 2. The molecular formula is C26H26FN5O3. The number of carbonyl (C=O) groups excluding carboxylic acids is 3. The first-order valence-corrected chi connectivity index (χ1v) is 12.1. The molecule has 5 heterocycles. The number of H-pyrrole nitrogens is 1. The van der Waals surface area contributed by atoms with E-state index in [0.29, 0.717) is 17.5 Å². The summed E-state index contributed by atoms with van der Waals surface area (Å²) in [5, 5.41) is 3.39. The van der Waals surface area contributed by atoms with Crippen molar-refractivity contribution < 1.29 is 18.8 Å². The topological polar surface area (TPSA) is 98.4 Å². The van der Waals surface area contributed by atoms with Crippen LogP contribution in [0.2, 0.25) is 0 Å². The first-order valence-electron chi connectivity index (χ1n) is 12.1. The van der Waals surface area contributed by atoms with Crippen LogP contribution >= 0.6 is 0 Å². The van der Waals surface area contributed by atoms with E-state index in [0.717, 1.165) is 54.8 Å². The van der Waals surface area contributed by atoms with Gasteiger partial charge in [-0.1, -0.05) is 6.07 Å². The molecule has 35 heavy (non-hydrogen) atoms. The number of benzene rings is 1. The Balaban J connectivity index is 1.13. The third kappa shape index (κ3) is 3.99. The first kappa shape index (κ1) is 21.9. The summed E-state index contributed by atoms with van der Waals surface area (Å²) in [5.41, 5.74) is 3.61. The molecule has 0 aliphatic carbocycles. The van der Waals surface area contributed by atoms with Gasteiger partial charge in [0, 0.05) is 36.7 Å². The van der Waals surface area contributed by atoms with Crippen molar-refractivity contribution >= 4 is 28.8 Å². The van der Waals surface area contributed by atoms with E-state index in [2.05, 4.69) is 26.3 Å². The molecule has 2 N–H and O–H groups in total. The van der Waals surface area contributed by atoms with Crippen LogP contribution in [0.3, 0.4) is 0 Å². The Labute approximate surface area is 201 Å². The number of carbonyl (C=O) groups is 3. The smallest absolute Gasteiger partial charge is 0.255 e. The average Bonchev–Trinajstić information content (AvgIpc) is 3.43. The van der Waals surface area contributed by atoms with Gasteiger partial charge in [0.2, 0.25) is 11.8 Å². The number of halogens is 1. The zero-order valence-corrected chi connectivity index (χ0v) is 19.2. The van der Waals surface area contributed by atoms with Crippen molar-refractivity contribution in [3.8, 4) is 0 Å². The third-order valence-electron chi connectivity index (χ3n) is 7.52. The number of pyridine rings is 1. The lowest BCUT2D eigenvalue weighted by Crippen LogP contribution is -2.52. The molecule has 1 unspecified atom stereocenters. The van der Waals surface area contributed by atoms with Crippen LogP contribution in [0.25, 0.3) is 11.0 Å². The van der Waals surface area contributed by atoms with E-state index in [1.54, 1.807) is 0 Å².